The number of rotatable bonds is 4. The molecule has 1 N–H and O–H groups in total. The lowest BCUT2D eigenvalue weighted by Crippen LogP contribution is -2.29. The van der Waals surface area contributed by atoms with Crippen LogP contribution in [0.15, 0.2) is 47.3 Å². The molecule has 2 aromatic heterocycles. The highest BCUT2D eigenvalue weighted by Crippen LogP contribution is 2.28. The van der Waals surface area contributed by atoms with Gasteiger partial charge in [0.2, 0.25) is 0 Å². The van der Waals surface area contributed by atoms with Crippen LogP contribution in [0.4, 0.5) is 5.13 Å². The Morgan fingerprint density at radius 2 is 1.96 bits per heavy atom. The van der Waals surface area contributed by atoms with Crippen LogP contribution in [0, 0.1) is 5.92 Å². The van der Waals surface area contributed by atoms with Gasteiger partial charge in [0.15, 0.2) is 10.8 Å². The van der Waals surface area contributed by atoms with Gasteiger partial charge in [0.1, 0.15) is 0 Å². The molecule has 0 bridgehead atoms. The summed E-state index contributed by atoms with van der Waals surface area (Å²) in [5.41, 5.74) is 0.760. The maximum absolute atomic E-state index is 13.0. The van der Waals surface area contributed by atoms with Crippen LogP contribution in [0.25, 0.3) is 21.0 Å². The molecular formula is C20H17ClN4O2S. The number of hydrogen-bond donors (Lipinski definition) is 1. The molecule has 0 aliphatic rings. The number of amides is 1. The molecule has 2 heterocycles. The van der Waals surface area contributed by atoms with Crippen LogP contribution in [0.5, 0.6) is 0 Å². The molecule has 1 amide bonds. The zero-order chi connectivity index (χ0) is 19.8. The van der Waals surface area contributed by atoms with E-state index in [0.29, 0.717) is 27.5 Å². The Balaban J connectivity index is 1.77. The maximum Gasteiger partial charge on any atom is 0.278 e. The second-order valence-corrected chi connectivity index (χ2v) is 8.33. The lowest BCUT2D eigenvalue weighted by atomic mass is 10.1. The number of carbonyl (C=O) groups excluding carboxylic acids is 1. The topological polar surface area (TPSA) is 76.9 Å². The second kappa shape index (κ2) is 7.33. The Morgan fingerprint density at radius 3 is 2.71 bits per heavy atom. The summed E-state index contributed by atoms with van der Waals surface area (Å²) < 4.78 is 2.24. The van der Waals surface area contributed by atoms with Crippen molar-refractivity contribution in [3.05, 3.63) is 63.5 Å². The zero-order valence-electron chi connectivity index (χ0n) is 15.3. The first-order chi connectivity index (χ1) is 13.4. The van der Waals surface area contributed by atoms with E-state index in [1.165, 1.54) is 16.0 Å². The molecule has 142 valence electrons. The number of benzene rings is 2. The summed E-state index contributed by atoms with van der Waals surface area (Å²) in [5, 5.41) is 9.22. The summed E-state index contributed by atoms with van der Waals surface area (Å²) in [6, 6.07) is 12.4. The molecule has 0 spiro atoms. The molecular weight excluding hydrogens is 396 g/mol. The van der Waals surface area contributed by atoms with Crippen LogP contribution < -0.4 is 10.9 Å². The van der Waals surface area contributed by atoms with E-state index in [4.69, 9.17) is 11.6 Å². The molecule has 4 rings (SSSR count). The molecule has 6 nitrogen and oxygen atoms in total. The normalized spacial score (nSPS) is 11.4. The minimum absolute atomic E-state index is 0.199. The van der Waals surface area contributed by atoms with Crippen molar-refractivity contribution in [2.75, 3.05) is 5.32 Å². The van der Waals surface area contributed by atoms with Crippen molar-refractivity contribution in [3.8, 4) is 0 Å². The smallest absolute Gasteiger partial charge is 0.278 e. The van der Waals surface area contributed by atoms with Gasteiger partial charge in [0.05, 0.1) is 15.6 Å². The molecule has 0 radical (unpaired) electrons. The highest BCUT2D eigenvalue weighted by molar-refractivity contribution is 7.22. The van der Waals surface area contributed by atoms with Gasteiger partial charge >= 0.3 is 0 Å². The van der Waals surface area contributed by atoms with Gasteiger partial charge in [-0.05, 0) is 30.2 Å². The number of fused-ring (bicyclic) bond motifs is 2. The summed E-state index contributed by atoms with van der Waals surface area (Å²) in [5.74, 6) is -0.185. The lowest BCUT2D eigenvalue weighted by Gasteiger charge is -2.12. The number of hydrogen-bond acceptors (Lipinski definition) is 5. The highest BCUT2D eigenvalue weighted by Gasteiger charge is 2.18. The van der Waals surface area contributed by atoms with Crippen molar-refractivity contribution in [3.63, 3.8) is 0 Å². The number of nitrogens with zero attached hydrogens (tertiary/aromatic N) is 3. The van der Waals surface area contributed by atoms with Gasteiger partial charge in [0, 0.05) is 17.0 Å². The standard InChI is InChI=1S/C20H17ClN4O2S/c1-11(2)10-25-19(27)14-6-4-3-5-13(14)17(24-25)18(26)23-20-22-15-8-7-12(21)9-16(15)28-20/h3-9,11H,10H2,1-2H3,(H,22,23,26). The predicted octanol–water partition coefficient (Wildman–Crippen LogP) is 4.57. The van der Waals surface area contributed by atoms with Crippen LogP contribution >= 0.6 is 22.9 Å². The molecule has 8 heteroatoms. The van der Waals surface area contributed by atoms with E-state index in [2.05, 4.69) is 15.4 Å². The third-order valence-corrected chi connectivity index (χ3v) is 5.36. The summed E-state index contributed by atoms with van der Waals surface area (Å²) >= 11 is 7.35. The SMILES string of the molecule is CC(C)Cn1nc(C(=O)Nc2nc3ccc(Cl)cc3s2)c2ccccc2c1=O. The Morgan fingerprint density at radius 1 is 1.21 bits per heavy atom. The minimum atomic E-state index is -0.404. The average molecular weight is 413 g/mol. The molecule has 0 aliphatic heterocycles. The summed E-state index contributed by atoms with van der Waals surface area (Å²) in [7, 11) is 0. The maximum atomic E-state index is 13.0. The first kappa shape index (κ1) is 18.6. The number of anilines is 1. The van der Waals surface area contributed by atoms with E-state index in [0.717, 1.165) is 10.2 Å². The van der Waals surface area contributed by atoms with E-state index in [-0.39, 0.29) is 17.2 Å². The first-order valence-corrected chi connectivity index (χ1v) is 9.99. The van der Waals surface area contributed by atoms with Crippen molar-refractivity contribution < 1.29 is 4.79 Å². The van der Waals surface area contributed by atoms with Crippen molar-refractivity contribution in [1.82, 2.24) is 14.8 Å². The number of aromatic nitrogens is 3. The quantitative estimate of drug-likeness (QED) is 0.532. The Hall–Kier alpha value is -2.77. The second-order valence-electron chi connectivity index (χ2n) is 6.86. The Bertz CT molecular complexity index is 1260. The Labute approximate surface area is 169 Å². The fourth-order valence-corrected chi connectivity index (χ4v) is 4.12. The van der Waals surface area contributed by atoms with Crippen molar-refractivity contribution in [1.29, 1.82) is 0 Å². The number of thiazole rings is 1. The van der Waals surface area contributed by atoms with E-state index in [1.807, 2.05) is 13.8 Å². The number of carbonyl (C=O) groups is 1. The van der Waals surface area contributed by atoms with Gasteiger partial charge in [-0.1, -0.05) is 55.0 Å². The van der Waals surface area contributed by atoms with Gasteiger partial charge < -0.3 is 0 Å². The average Bonchev–Trinajstić information content (AvgIpc) is 3.05. The van der Waals surface area contributed by atoms with Gasteiger partial charge in [-0.25, -0.2) is 9.67 Å². The van der Waals surface area contributed by atoms with Gasteiger partial charge in [-0.3, -0.25) is 14.9 Å². The van der Waals surface area contributed by atoms with Crippen LogP contribution in [0.3, 0.4) is 0 Å². The predicted molar refractivity (Wildman–Crippen MR) is 113 cm³/mol. The number of nitrogens with one attached hydrogen (secondary N) is 1. The van der Waals surface area contributed by atoms with Gasteiger partial charge in [-0.15, -0.1) is 0 Å². The van der Waals surface area contributed by atoms with Crippen LogP contribution in [0.2, 0.25) is 5.02 Å². The van der Waals surface area contributed by atoms with Crippen molar-refractivity contribution in [2.45, 2.75) is 20.4 Å². The van der Waals surface area contributed by atoms with Crippen molar-refractivity contribution >= 4 is 55.0 Å². The molecule has 0 unspecified atom stereocenters. The van der Waals surface area contributed by atoms with Gasteiger partial charge in [0.25, 0.3) is 11.5 Å². The van der Waals surface area contributed by atoms with E-state index in [9.17, 15) is 9.59 Å². The van der Waals surface area contributed by atoms with Crippen LogP contribution in [-0.2, 0) is 6.54 Å². The summed E-state index contributed by atoms with van der Waals surface area (Å²) in [6.45, 7) is 4.42. The third kappa shape index (κ3) is 3.50. The molecule has 28 heavy (non-hydrogen) atoms. The summed E-state index contributed by atoms with van der Waals surface area (Å²) in [6.07, 6.45) is 0. The highest BCUT2D eigenvalue weighted by atomic mass is 35.5. The van der Waals surface area contributed by atoms with E-state index in [1.54, 1.807) is 42.5 Å². The summed E-state index contributed by atoms with van der Waals surface area (Å²) in [4.78, 5) is 30.1. The molecule has 4 aromatic rings. The molecule has 0 aliphatic carbocycles. The van der Waals surface area contributed by atoms with Gasteiger partial charge in [-0.2, -0.15) is 5.10 Å². The third-order valence-electron chi connectivity index (χ3n) is 4.19. The minimum Gasteiger partial charge on any atom is -0.296 e. The molecule has 2 aromatic carbocycles. The Kier molecular flexibility index (Phi) is 4.87. The fourth-order valence-electron chi connectivity index (χ4n) is 2.98. The monoisotopic (exact) mass is 412 g/mol. The molecule has 0 saturated carbocycles. The van der Waals surface area contributed by atoms with E-state index >= 15 is 0 Å². The molecule has 0 fully saturated rings. The molecule has 0 atom stereocenters. The number of halogens is 1. The van der Waals surface area contributed by atoms with E-state index < -0.39 is 5.91 Å². The lowest BCUT2D eigenvalue weighted by molar-refractivity contribution is 0.102. The van der Waals surface area contributed by atoms with Crippen LogP contribution in [0.1, 0.15) is 24.3 Å². The fraction of sp³-hybridized carbons (Fsp3) is 0.200. The van der Waals surface area contributed by atoms with Crippen LogP contribution in [-0.4, -0.2) is 20.7 Å². The molecule has 0 saturated heterocycles. The zero-order valence-corrected chi connectivity index (χ0v) is 16.8. The first-order valence-electron chi connectivity index (χ1n) is 8.79. The van der Waals surface area contributed by atoms with Crippen molar-refractivity contribution in [2.24, 2.45) is 5.92 Å². The largest absolute Gasteiger partial charge is 0.296 e.